The standard InChI is InChI=1S/C22H24N2O4/c1-14(24(3)13-19-12-20(15(2)28-19)22(26)27-4)21(25)23-18-10-9-16-7-5-6-8-17(16)11-18/h5-12,14H,13H2,1-4H3,(H,23,25). The molecule has 2 aromatic carbocycles. The number of benzene rings is 2. The van der Waals surface area contributed by atoms with Crippen molar-refractivity contribution >= 4 is 28.3 Å². The smallest absolute Gasteiger partial charge is 0.341 e. The van der Waals surface area contributed by atoms with Crippen LogP contribution in [-0.4, -0.2) is 37.0 Å². The fourth-order valence-electron chi connectivity index (χ4n) is 3.03. The van der Waals surface area contributed by atoms with Crippen LogP contribution in [-0.2, 0) is 16.1 Å². The van der Waals surface area contributed by atoms with E-state index in [4.69, 9.17) is 9.15 Å². The molecule has 1 N–H and O–H groups in total. The molecule has 0 fully saturated rings. The first kappa shape index (κ1) is 19.6. The van der Waals surface area contributed by atoms with Gasteiger partial charge in [0.15, 0.2) is 0 Å². The number of carbonyl (C=O) groups excluding carboxylic acids is 2. The van der Waals surface area contributed by atoms with E-state index in [1.54, 1.807) is 13.0 Å². The van der Waals surface area contributed by atoms with Crippen LogP contribution < -0.4 is 5.32 Å². The minimum atomic E-state index is -0.433. The van der Waals surface area contributed by atoms with E-state index in [2.05, 4.69) is 5.32 Å². The number of esters is 1. The molecule has 0 saturated heterocycles. The lowest BCUT2D eigenvalue weighted by molar-refractivity contribution is -0.120. The highest BCUT2D eigenvalue weighted by atomic mass is 16.5. The Bertz CT molecular complexity index is 1010. The Hall–Kier alpha value is -3.12. The van der Waals surface area contributed by atoms with Crippen LogP contribution in [0.4, 0.5) is 5.69 Å². The lowest BCUT2D eigenvalue weighted by atomic mass is 10.1. The maximum Gasteiger partial charge on any atom is 0.341 e. The minimum absolute atomic E-state index is 0.116. The van der Waals surface area contributed by atoms with Crippen LogP contribution in [0.15, 0.2) is 52.9 Å². The van der Waals surface area contributed by atoms with E-state index in [1.165, 1.54) is 7.11 Å². The largest absolute Gasteiger partial charge is 0.465 e. The summed E-state index contributed by atoms with van der Waals surface area (Å²) in [6.45, 7) is 3.93. The molecule has 1 heterocycles. The molecule has 0 spiro atoms. The molecule has 146 valence electrons. The molecule has 0 aliphatic carbocycles. The number of methoxy groups -OCH3 is 1. The van der Waals surface area contributed by atoms with Gasteiger partial charge in [0.1, 0.15) is 17.1 Å². The number of anilines is 1. The number of hydrogen-bond donors (Lipinski definition) is 1. The summed E-state index contributed by atoms with van der Waals surface area (Å²) in [5, 5.41) is 5.16. The second-order valence-corrected chi connectivity index (χ2v) is 6.82. The molecule has 1 atom stereocenters. The SMILES string of the molecule is COC(=O)c1cc(CN(C)C(C)C(=O)Nc2ccc3ccccc3c2)oc1C. The van der Waals surface area contributed by atoms with Crippen molar-refractivity contribution in [1.29, 1.82) is 0 Å². The first-order chi connectivity index (χ1) is 13.4. The van der Waals surface area contributed by atoms with Crippen LogP contribution in [0.1, 0.15) is 28.8 Å². The van der Waals surface area contributed by atoms with E-state index >= 15 is 0 Å². The van der Waals surface area contributed by atoms with E-state index in [0.29, 0.717) is 23.6 Å². The van der Waals surface area contributed by atoms with Crippen LogP contribution in [0, 0.1) is 6.92 Å². The van der Waals surface area contributed by atoms with E-state index in [1.807, 2.05) is 61.3 Å². The molecule has 1 aromatic heterocycles. The van der Waals surface area contributed by atoms with Gasteiger partial charge >= 0.3 is 5.97 Å². The first-order valence-electron chi connectivity index (χ1n) is 9.06. The van der Waals surface area contributed by atoms with Crippen molar-refractivity contribution in [1.82, 2.24) is 4.90 Å². The molecule has 0 radical (unpaired) electrons. The third-order valence-electron chi connectivity index (χ3n) is 4.84. The average molecular weight is 380 g/mol. The normalized spacial score (nSPS) is 12.2. The van der Waals surface area contributed by atoms with Crippen molar-refractivity contribution in [2.45, 2.75) is 26.4 Å². The van der Waals surface area contributed by atoms with Crippen LogP contribution in [0.2, 0.25) is 0 Å². The van der Waals surface area contributed by atoms with E-state index in [0.717, 1.165) is 16.5 Å². The highest BCUT2D eigenvalue weighted by Gasteiger charge is 2.21. The number of nitrogens with zero attached hydrogens (tertiary/aromatic N) is 1. The number of likely N-dealkylation sites (N-methyl/N-ethyl adjacent to an activating group) is 1. The fourth-order valence-corrected chi connectivity index (χ4v) is 3.03. The Labute approximate surface area is 164 Å². The van der Waals surface area contributed by atoms with Gasteiger partial charge in [-0.25, -0.2) is 4.79 Å². The maximum absolute atomic E-state index is 12.6. The summed E-state index contributed by atoms with van der Waals surface area (Å²) in [6, 6.07) is 15.1. The van der Waals surface area contributed by atoms with E-state index in [-0.39, 0.29) is 5.91 Å². The molecule has 3 aromatic rings. The van der Waals surface area contributed by atoms with Crippen LogP contribution in [0.5, 0.6) is 0 Å². The van der Waals surface area contributed by atoms with Crippen LogP contribution in [0.25, 0.3) is 10.8 Å². The Morgan fingerprint density at radius 1 is 1.14 bits per heavy atom. The maximum atomic E-state index is 12.6. The van der Waals surface area contributed by atoms with Crippen molar-refractivity contribution in [3.05, 3.63) is 65.6 Å². The number of hydrogen-bond acceptors (Lipinski definition) is 5. The van der Waals surface area contributed by atoms with Crippen molar-refractivity contribution in [3.63, 3.8) is 0 Å². The minimum Gasteiger partial charge on any atom is -0.465 e. The van der Waals surface area contributed by atoms with Gasteiger partial charge in [-0.1, -0.05) is 30.3 Å². The van der Waals surface area contributed by atoms with Gasteiger partial charge in [-0.2, -0.15) is 0 Å². The number of nitrogens with one attached hydrogen (secondary N) is 1. The summed E-state index contributed by atoms with van der Waals surface area (Å²) in [4.78, 5) is 26.2. The lowest BCUT2D eigenvalue weighted by Crippen LogP contribution is -2.39. The van der Waals surface area contributed by atoms with Gasteiger partial charge in [-0.15, -0.1) is 0 Å². The van der Waals surface area contributed by atoms with Gasteiger partial charge in [-0.05, 0) is 49.9 Å². The van der Waals surface area contributed by atoms with Gasteiger partial charge < -0.3 is 14.5 Å². The van der Waals surface area contributed by atoms with Crippen molar-refractivity contribution in [2.24, 2.45) is 0 Å². The highest BCUT2D eigenvalue weighted by Crippen LogP contribution is 2.20. The summed E-state index contributed by atoms with van der Waals surface area (Å²) in [7, 11) is 3.17. The molecule has 0 bridgehead atoms. The summed E-state index contributed by atoms with van der Waals surface area (Å²) in [5.41, 5.74) is 1.16. The average Bonchev–Trinajstić information content (AvgIpc) is 3.06. The van der Waals surface area contributed by atoms with Gasteiger partial charge in [0.25, 0.3) is 0 Å². The molecule has 6 heteroatoms. The van der Waals surface area contributed by atoms with Crippen molar-refractivity contribution < 1.29 is 18.7 Å². The first-order valence-corrected chi connectivity index (χ1v) is 9.06. The van der Waals surface area contributed by atoms with Crippen molar-refractivity contribution in [3.8, 4) is 0 Å². The summed E-state index contributed by atoms with van der Waals surface area (Å²) in [5.74, 6) is 0.556. The van der Waals surface area contributed by atoms with E-state index < -0.39 is 12.0 Å². The van der Waals surface area contributed by atoms with E-state index in [9.17, 15) is 9.59 Å². The monoisotopic (exact) mass is 380 g/mol. The van der Waals surface area contributed by atoms with Gasteiger partial charge in [-0.3, -0.25) is 9.69 Å². The molecule has 3 rings (SSSR count). The number of amides is 1. The predicted molar refractivity (Wildman–Crippen MR) is 108 cm³/mol. The van der Waals surface area contributed by atoms with Gasteiger partial charge in [0.2, 0.25) is 5.91 Å². The molecule has 28 heavy (non-hydrogen) atoms. The molecular weight excluding hydrogens is 356 g/mol. The molecule has 1 amide bonds. The second-order valence-electron chi connectivity index (χ2n) is 6.82. The highest BCUT2D eigenvalue weighted by molar-refractivity contribution is 5.97. The zero-order valence-corrected chi connectivity index (χ0v) is 16.5. The number of carbonyl (C=O) groups is 2. The Balaban J connectivity index is 1.65. The molecule has 0 saturated carbocycles. The number of rotatable bonds is 6. The molecule has 6 nitrogen and oxygen atoms in total. The predicted octanol–water partition coefficient (Wildman–Crippen LogP) is 3.99. The summed E-state index contributed by atoms with van der Waals surface area (Å²) >= 11 is 0. The third kappa shape index (κ3) is 4.23. The molecule has 0 aliphatic heterocycles. The second kappa shape index (κ2) is 8.27. The van der Waals surface area contributed by atoms with Crippen LogP contribution in [0.3, 0.4) is 0 Å². The zero-order valence-electron chi connectivity index (χ0n) is 16.5. The fraction of sp³-hybridized carbons (Fsp3) is 0.273. The van der Waals surface area contributed by atoms with Crippen LogP contribution >= 0.6 is 0 Å². The van der Waals surface area contributed by atoms with Gasteiger partial charge in [0, 0.05) is 5.69 Å². The number of aryl methyl sites for hydroxylation is 1. The molecular formula is C22H24N2O4. The number of fused-ring (bicyclic) bond motifs is 1. The Morgan fingerprint density at radius 3 is 2.57 bits per heavy atom. The van der Waals surface area contributed by atoms with Crippen molar-refractivity contribution in [2.75, 3.05) is 19.5 Å². The third-order valence-corrected chi connectivity index (χ3v) is 4.84. The molecule has 0 aliphatic rings. The molecule has 1 unspecified atom stereocenters. The topological polar surface area (TPSA) is 71.8 Å². The summed E-state index contributed by atoms with van der Waals surface area (Å²) < 4.78 is 10.4. The number of furan rings is 1. The van der Waals surface area contributed by atoms with Gasteiger partial charge in [0.05, 0.1) is 19.7 Å². The summed E-state index contributed by atoms with van der Waals surface area (Å²) in [6.07, 6.45) is 0. The number of ether oxygens (including phenoxy) is 1. The lowest BCUT2D eigenvalue weighted by Gasteiger charge is -2.23. The zero-order chi connectivity index (χ0) is 20.3. The Morgan fingerprint density at radius 2 is 1.86 bits per heavy atom. The quantitative estimate of drug-likeness (QED) is 0.655. The Kier molecular flexibility index (Phi) is 5.80.